The van der Waals surface area contributed by atoms with E-state index >= 15 is 0 Å². The van der Waals surface area contributed by atoms with Crippen molar-refractivity contribution in [2.45, 2.75) is 12.6 Å². The highest BCUT2D eigenvalue weighted by molar-refractivity contribution is 5.74. The molecule has 2 N–H and O–H groups in total. The molecule has 25 heavy (non-hydrogen) atoms. The lowest BCUT2D eigenvalue weighted by molar-refractivity contribution is 0.231. The van der Waals surface area contributed by atoms with Crippen molar-refractivity contribution in [3.8, 4) is 17.2 Å². The zero-order chi connectivity index (χ0) is 17.1. The second-order valence-electron chi connectivity index (χ2n) is 5.74. The number of benzene rings is 2. The summed E-state index contributed by atoms with van der Waals surface area (Å²) in [4.78, 5) is 16.5. The van der Waals surface area contributed by atoms with Crippen LogP contribution in [0.25, 0.3) is 11.5 Å². The number of hydrogen-bond acceptors (Lipinski definition) is 4. The molecule has 0 aliphatic carbocycles. The van der Waals surface area contributed by atoms with Gasteiger partial charge in [-0.2, -0.15) is 0 Å². The van der Waals surface area contributed by atoms with Gasteiger partial charge < -0.3 is 19.8 Å². The van der Waals surface area contributed by atoms with Crippen LogP contribution in [0, 0.1) is 0 Å². The predicted octanol–water partition coefficient (Wildman–Crippen LogP) is 3.27. The average Bonchev–Trinajstić information content (AvgIpc) is 3.28. The molecule has 3 aromatic rings. The summed E-state index contributed by atoms with van der Waals surface area (Å²) in [6, 6.07) is 16.9. The lowest BCUT2D eigenvalue weighted by Crippen LogP contribution is -2.38. The van der Waals surface area contributed by atoms with E-state index in [0.717, 1.165) is 16.9 Å². The normalized spacial score (nSPS) is 15.3. The first-order chi connectivity index (χ1) is 12.3. The number of nitrogens with zero attached hydrogens (tertiary/aromatic N) is 1. The minimum absolute atomic E-state index is 0.145. The molecule has 0 bridgehead atoms. The summed E-state index contributed by atoms with van der Waals surface area (Å²) in [5, 5.41) is 5.70. The van der Waals surface area contributed by atoms with Crippen molar-refractivity contribution in [1.82, 2.24) is 15.6 Å². The van der Waals surface area contributed by atoms with Crippen LogP contribution in [0.1, 0.15) is 17.3 Å². The van der Waals surface area contributed by atoms with Crippen molar-refractivity contribution in [1.29, 1.82) is 0 Å². The third kappa shape index (κ3) is 3.33. The zero-order valence-corrected chi connectivity index (χ0v) is 13.4. The van der Waals surface area contributed by atoms with Crippen molar-refractivity contribution < 1.29 is 13.9 Å². The van der Waals surface area contributed by atoms with Crippen LogP contribution in [-0.2, 0) is 6.54 Å². The third-order valence-corrected chi connectivity index (χ3v) is 4.01. The smallest absolute Gasteiger partial charge is 0.315 e. The van der Waals surface area contributed by atoms with Gasteiger partial charge in [0.05, 0.1) is 18.3 Å². The van der Waals surface area contributed by atoms with Gasteiger partial charge in [-0.15, -0.1) is 0 Å². The largest absolute Gasteiger partial charge is 0.491 e. The molecular formula is C19H17N3O3. The standard InChI is InChI=1S/C19H17N3O3/c23-19(22-16-12-24-17-9-5-4-8-15(16)17)20-10-14-11-25-18(21-14)13-6-2-1-3-7-13/h1-9,11,16H,10,12H2,(H2,20,22,23)/t16-/m1/s1. The molecule has 2 aromatic carbocycles. The number of carbonyl (C=O) groups excluding carboxylic acids is 1. The molecule has 0 radical (unpaired) electrons. The SMILES string of the molecule is O=C(NCc1coc(-c2ccccc2)n1)N[C@@H]1COc2ccccc21. The van der Waals surface area contributed by atoms with Gasteiger partial charge in [-0.25, -0.2) is 9.78 Å². The number of ether oxygens (including phenoxy) is 1. The lowest BCUT2D eigenvalue weighted by atomic mass is 10.1. The molecule has 1 aliphatic heterocycles. The maximum Gasteiger partial charge on any atom is 0.315 e. The van der Waals surface area contributed by atoms with Crippen molar-refractivity contribution in [2.24, 2.45) is 0 Å². The zero-order valence-electron chi connectivity index (χ0n) is 13.4. The molecule has 126 valence electrons. The van der Waals surface area contributed by atoms with Gasteiger partial charge >= 0.3 is 6.03 Å². The van der Waals surface area contributed by atoms with Gasteiger partial charge in [0.2, 0.25) is 5.89 Å². The van der Waals surface area contributed by atoms with Crippen LogP contribution in [-0.4, -0.2) is 17.6 Å². The third-order valence-electron chi connectivity index (χ3n) is 4.01. The Bertz CT molecular complexity index is 876. The van der Waals surface area contributed by atoms with Crippen LogP contribution in [0.4, 0.5) is 4.79 Å². The van der Waals surface area contributed by atoms with Gasteiger partial charge in [-0.1, -0.05) is 36.4 Å². The minimum Gasteiger partial charge on any atom is -0.491 e. The first-order valence-electron chi connectivity index (χ1n) is 8.05. The van der Waals surface area contributed by atoms with Crippen LogP contribution in [0.2, 0.25) is 0 Å². The van der Waals surface area contributed by atoms with Crippen LogP contribution >= 0.6 is 0 Å². The number of nitrogens with one attached hydrogen (secondary N) is 2. The quantitative estimate of drug-likeness (QED) is 0.767. The Hall–Kier alpha value is -3.28. The molecule has 6 heteroatoms. The molecule has 2 amide bonds. The van der Waals surface area contributed by atoms with Crippen LogP contribution in [0.15, 0.2) is 65.3 Å². The molecule has 4 rings (SSSR count). The monoisotopic (exact) mass is 335 g/mol. The number of hydrogen-bond donors (Lipinski definition) is 2. The number of carbonyl (C=O) groups is 1. The summed E-state index contributed by atoms with van der Waals surface area (Å²) in [5.74, 6) is 1.35. The van der Waals surface area contributed by atoms with Crippen molar-refractivity contribution in [3.63, 3.8) is 0 Å². The molecule has 0 spiro atoms. The summed E-state index contributed by atoms with van der Waals surface area (Å²) in [6.07, 6.45) is 1.55. The van der Waals surface area contributed by atoms with Gasteiger partial charge in [0, 0.05) is 11.1 Å². The first kappa shape index (κ1) is 15.3. The summed E-state index contributed by atoms with van der Waals surface area (Å²) in [6.45, 7) is 0.728. The fourth-order valence-electron chi connectivity index (χ4n) is 2.76. The van der Waals surface area contributed by atoms with Gasteiger partial charge in [0.1, 0.15) is 18.6 Å². The van der Waals surface area contributed by atoms with E-state index in [0.29, 0.717) is 18.2 Å². The van der Waals surface area contributed by atoms with E-state index in [1.807, 2.05) is 54.6 Å². The molecule has 1 atom stereocenters. The molecule has 1 aliphatic rings. The van der Waals surface area contributed by atoms with Gasteiger partial charge in [0.15, 0.2) is 0 Å². The van der Waals surface area contributed by atoms with Crippen molar-refractivity contribution in [3.05, 3.63) is 72.1 Å². The first-order valence-corrected chi connectivity index (χ1v) is 8.05. The van der Waals surface area contributed by atoms with Crippen LogP contribution in [0.5, 0.6) is 5.75 Å². The van der Waals surface area contributed by atoms with Crippen LogP contribution < -0.4 is 15.4 Å². The number of rotatable bonds is 4. The van der Waals surface area contributed by atoms with E-state index in [1.165, 1.54) is 0 Å². The molecule has 0 saturated carbocycles. The van der Waals surface area contributed by atoms with Crippen LogP contribution in [0.3, 0.4) is 0 Å². The maximum atomic E-state index is 12.1. The molecule has 2 heterocycles. The molecule has 1 aromatic heterocycles. The highest BCUT2D eigenvalue weighted by Gasteiger charge is 2.24. The lowest BCUT2D eigenvalue weighted by Gasteiger charge is -2.12. The van der Waals surface area contributed by atoms with Gasteiger partial charge in [-0.3, -0.25) is 0 Å². The summed E-state index contributed by atoms with van der Waals surface area (Å²) < 4.78 is 11.0. The number of para-hydroxylation sites is 1. The fraction of sp³-hybridized carbons (Fsp3) is 0.158. The van der Waals surface area contributed by atoms with Crippen molar-refractivity contribution >= 4 is 6.03 Å². The Balaban J connectivity index is 1.33. The summed E-state index contributed by atoms with van der Waals surface area (Å²) in [5.41, 5.74) is 2.56. The highest BCUT2D eigenvalue weighted by Crippen LogP contribution is 2.31. The van der Waals surface area contributed by atoms with E-state index in [4.69, 9.17) is 9.15 Å². The Morgan fingerprint density at radius 3 is 2.80 bits per heavy atom. The van der Waals surface area contributed by atoms with E-state index in [2.05, 4.69) is 15.6 Å². The van der Waals surface area contributed by atoms with E-state index < -0.39 is 0 Å². The summed E-state index contributed by atoms with van der Waals surface area (Å²) in [7, 11) is 0. The van der Waals surface area contributed by atoms with E-state index in [-0.39, 0.29) is 18.6 Å². The minimum atomic E-state index is -0.269. The van der Waals surface area contributed by atoms with E-state index in [9.17, 15) is 4.79 Å². The number of urea groups is 1. The Morgan fingerprint density at radius 2 is 1.92 bits per heavy atom. The number of oxazole rings is 1. The molecule has 0 fully saturated rings. The fourth-order valence-corrected chi connectivity index (χ4v) is 2.76. The average molecular weight is 335 g/mol. The Kier molecular flexibility index (Phi) is 4.08. The maximum absolute atomic E-state index is 12.1. The number of aromatic nitrogens is 1. The number of fused-ring (bicyclic) bond motifs is 1. The van der Waals surface area contributed by atoms with Crippen molar-refractivity contribution in [2.75, 3.05) is 6.61 Å². The Morgan fingerprint density at radius 1 is 1.12 bits per heavy atom. The molecular weight excluding hydrogens is 318 g/mol. The highest BCUT2D eigenvalue weighted by atomic mass is 16.5. The predicted molar refractivity (Wildman–Crippen MR) is 92.0 cm³/mol. The summed E-state index contributed by atoms with van der Waals surface area (Å²) >= 11 is 0. The molecule has 6 nitrogen and oxygen atoms in total. The second kappa shape index (κ2) is 6.68. The Labute approximate surface area is 144 Å². The molecule has 0 unspecified atom stereocenters. The molecule has 0 saturated heterocycles. The second-order valence-corrected chi connectivity index (χ2v) is 5.74. The van der Waals surface area contributed by atoms with E-state index in [1.54, 1.807) is 6.26 Å². The number of amides is 2. The topological polar surface area (TPSA) is 76.4 Å². The van der Waals surface area contributed by atoms with Gasteiger partial charge in [-0.05, 0) is 18.2 Å². The van der Waals surface area contributed by atoms with Gasteiger partial charge in [0.25, 0.3) is 0 Å².